The molecular weight excluding hydrogens is 242 g/mol. The first kappa shape index (κ1) is 11.6. The summed E-state index contributed by atoms with van der Waals surface area (Å²) in [6.45, 7) is 0. The number of benzene rings is 2. The van der Waals surface area contributed by atoms with Crippen LogP contribution >= 0.6 is 0 Å². The second kappa shape index (κ2) is 4.31. The number of rotatable bonds is 2. The van der Waals surface area contributed by atoms with Gasteiger partial charge >= 0.3 is 0 Å². The second-order valence-electron chi connectivity index (χ2n) is 4.19. The fourth-order valence-corrected chi connectivity index (χ4v) is 2.45. The third-order valence-corrected chi connectivity index (χ3v) is 3.22. The van der Waals surface area contributed by atoms with Crippen molar-refractivity contribution in [1.29, 1.82) is 0 Å². The van der Waals surface area contributed by atoms with Crippen LogP contribution in [-0.2, 0) is 0 Å². The molecule has 0 fully saturated rings. The van der Waals surface area contributed by atoms with Gasteiger partial charge in [0.2, 0.25) is 0 Å². The van der Waals surface area contributed by atoms with Crippen LogP contribution in [-0.4, -0.2) is 24.3 Å². The van der Waals surface area contributed by atoms with Crippen molar-refractivity contribution in [3.63, 3.8) is 0 Å². The van der Waals surface area contributed by atoms with Crippen LogP contribution in [0.3, 0.4) is 0 Å². The Labute approximate surface area is 110 Å². The van der Waals surface area contributed by atoms with E-state index >= 15 is 0 Å². The average Bonchev–Trinajstić information content (AvgIpc) is 2.45. The molecule has 0 amide bonds. The van der Waals surface area contributed by atoms with E-state index in [1.54, 1.807) is 20.4 Å². The van der Waals surface area contributed by atoms with E-state index in [0.717, 1.165) is 16.2 Å². The van der Waals surface area contributed by atoms with Crippen molar-refractivity contribution in [2.75, 3.05) is 14.2 Å². The Morgan fingerprint density at radius 2 is 1.53 bits per heavy atom. The van der Waals surface area contributed by atoms with Crippen LogP contribution in [0.4, 0.5) is 0 Å². The molecule has 0 aliphatic rings. The maximum atomic E-state index is 10.1. The minimum absolute atomic E-state index is 0.0819. The molecule has 1 heterocycles. The average molecular weight is 255 g/mol. The molecule has 1 N–H and O–H groups in total. The van der Waals surface area contributed by atoms with E-state index in [1.807, 2.05) is 24.3 Å². The van der Waals surface area contributed by atoms with E-state index in [0.29, 0.717) is 16.9 Å². The Bertz CT molecular complexity index is 768. The number of fused-ring (bicyclic) bond motifs is 2. The zero-order valence-electron chi connectivity index (χ0n) is 10.7. The van der Waals surface area contributed by atoms with Crippen LogP contribution in [0.15, 0.2) is 36.7 Å². The van der Waals surface area contributed by atoms with E-state index in [2.05, 4.69) is 4.98 Å². The molecule has 0 unspecified atom stereocenters. The molecule has 96 valence electrons. The number of pyridine rings is 1. The van der Waals surface area contributed by atoms with E-state index in [9.17, 15) is 5.11 Å². The van der Waals surface area contributed by atoms with Crippen LogP contribution in [0.5, 0.6) is 17.2 Å². The first-order chi connectivity index (χ1) is 9.27. The van der Waals surface area contributed by atoms with Gasteiger partial charge < -0.3 is 14.6 Å². The van der Waals surface area contributed by atoms with Crippen molar-refractivity contribution in [3.05, 3.63) is 36.7 Å². The summed E-state index contributed by atoms with van der Waals surface area (Å²) in [6.07, 6.45) is 3.07. The topological polar surface area (TPSA) is 51.6 Å². The predicted molar refractivity (Wildman–Crippen MR) is 74.0 cm³/mol. The molecule has 0 saturated carbocycles. The highest BCUT2D eigenvalue weighted by Crippen LogP contribution is 2.45. The third-order valence-electron chi connectivity index (χ3n) is 3.22. The van der Waals surface area contributed by atoms with Crippen LogP contribution in [0.2, 0.25) is 0 Å². The van der Waals surface area contributed by atoms with Crippen LogP contribution in [0, 0.1) is 0 Å². The lowest BCUT2D eigenvalue weighted by Gasteiger charge is -2.15. The summed E-state index contributed by atoms with van der Waals surface area (Å²) in [5.41, 5.74) is 0. The van der Waals surface area contributed by atoms with Crippen molar-refractivity contribution in [2.45, 2.75) is 0 Å². The maximum Gasteiger partial charge on any atom is 0.145 e. The van der Waals surface area contributed by atoms with E-state index < -0.39 is 0 Å². The SMILES string of the molecule is COc1c2ccccc2c(OC)c2c(O)cncc12. The number of ether oxygens (including phenoxy) is 2. The van der Waals surface area contributed by atoms with Crippen molar-refractivity contribution >= 4 is 21.5 Å². The Kier molecular flexibility index (Phi) is 2.63. The van der Waals surface area contributed by atoms with Crippen LogP contribution < -0.4 is 9.47 Å². The second-order valence-corrected chi connectivity index (χ2v) is 4.19. The zero-order chi connectivity index (χ0) is 13.4. The van der Waals surface area contributed by atoms with Gasteiger partial charge in [0.25, 0.3) is 0 Å². The molecule has 0 bridgehead atoms. The number of hydrogen-bond donors (Lipinski definition) is 1. The highest BCUT2D eigenvalue weighted by molar-refractivity contribution is 6.12. The van der Waals surface area contributed by atoms with Gasteiger partial charge in [-0.25, -0.2) is 0 Å². The molecule has 0 aliphatic carbocycles. The molecule has 3 aromatic rings. The standard InChI is InChI=1S/C15H13NO3/c1-18-14-9-5-3-4-6-10(9)15(19-2)13-11(14)7-16-8-12(13)17/h3-8,17H,1-2H3. The van der Waals surface area contributed by atoms with Crippen LogP contribution in [0.25, 0.3) is 21.5 Å². The van der Waals surface area contributed by atoms with Crippen molar-refractivity contribution in [1.82, 2.24) is 4.98 Å². The summed E-state index contributed by atoms with van der Waals surface area (Å²) < 4.78 is 11.0. The monoisotopic (exact) mass is 255 g/mol. The van der Waals surface area contributed by atoms with Gasteiger partial charge in [-0.2, -0.15) is 0 Å². The Morgan fingerprint density at radius 1 is 0.895 bits per heavy atom. The highest BCUT2D eigenvalue weighted by atomic mass is 16.5. The summed E-state index contributed by atoms with van der Waals surface area (Å²) in [5, 5.41) is 13.2. The number of methoxy groups -OCH3 is 2. The quantitative estimate of drug-likeness (QED) is 0.715. The molecular formula is C15H13NO3. The summed E-state index contributed by atoms with van der Waals surface area (Å²) in [4.78, 5) is 4.02. The van der Waals surface area contributed by atoms with Gasteiger partial charge in [0.1, 0.15) is 17.2 Å². The van der Waals surface area contributed by atoms with Gasteiger partial charge in [0.15, 0.2) is 0 Å². The lowest BCUT2D eigenvalue weighted by molar-refractivity contribution is 0.414. The Morgan fingerprint density at radius 3 is 2.16 bits per heavy atom. The fourth-order valence-electron chi connectivity index (χ4n) is 2.45. The summed E-state index contributed by atoms with van der Waals surface area (Å²) in [7, 11) is 3.20. The normalized spacial score (nSPS) is 10.8. The van der Waals surface area contributed by atoms with Gasteiger partial charge in [0.05, 0.1) is 31.2 Å². The molecule has 0 radical (unpaired) electrons. The zero-order valence-corrected chi connectivity index (χ0v) is 10.7. The molecule has 4 nitrogen and oxygen atoms in total. The van der Waals surface area contributed by atoms with Crippen LogP contribution in [0.1, 0.15) is 0 Å². The largest absolute Gasteiger partial charge is 0.506 e. The molecule has 0 atom stereocenters. The lowest BCUT2D eigenvalue weighted by atomic mass is 10.0. The van der Waals surface area contributed by atoms with E-state index in [-0.39, 0.29) is 5.75 Å². The summed E-state index contributed by atoms with van der Waals surface area (Å²) in [5.74, 6) is 1.40. The smallest absolute Gasteiger partial charge is 0.145 e. The molecule has 4 heteroatoms. The minimum atomic E-state index is 0.0819. The van der Waals surface area contributed by atoms with Gasteiger partial charge in [-0.05, 0) is 0 Å². The lowest BCUT2D eigenvalue weighted by Crippen LogP contribution is -1.93. The van der Waals surface area contributed by atoms with E-state index in [4.69, 9.17) is 9.47 Å². The Hall–Kier alpha value is -2.49. The highest BCUT2D eigenvalue weighted by Gasteiger charge is 2.17. The molecule has 0 saturated heterocycles. The third kappa shape index (κ3) is 1.57. The molecule has 19 heavy (non-hydrogen) atoms. The molecule has 0 aliphatic heterocycles. The molecule has 2 aromatic carbocycles. The summed E-state index contributed by atoms with van der Waals surface area (Å²) >= 11 is 0. The molecule has 3 rings (SSSR count). The van der Waals surface area contributed by atoms with Gasteiger partial charge in [-0.15, -0.1) is 0 Å². The number of nitrogens with zero attached hydrogens (tertiary/aromatic N) is 1. The predicted octanol–water partition coefficient (Wildman–Crippen LogP) is 3.11. The van der Waals surface area contributed by atoms with Crippen molar-refractivity contribution < 1.29 is 14.6 Å². The Balaban J connectivity index is 2.65. The number of aromatic hydroxyl groups is 1. The van der Waals surface area contributed by atoms with Crippen molar-refractivity contribution in [2.24, 2.45) is 0 Å². The maximum absolute atomic E-state index is 10.1. The number of aromatic nitrogens is 1. The van der Waals surface area contributed by atoms with Crippen molar-refractivity contribution in [3.8, 4) is 17.2 Å². The number of hydrogen-bond acceptors (Lipinski definition) is 4. The van der Waals surface area contributed by atoms with Gasteiger partial charge in [0, 0.05) is 17.0 Å². The van der Waals surface area contributed by atoms with Gasteiger partial charge in [-0.1, -0.05) is 24.3 Å². The molecule has 1 aromatic heterocycles. The first-order valence-electron chi connectivity index (χ1n) is 5.87. The summed E-state index contributed by atoms with van der Waals surface area (Å²) in [6, 6.07) is 7.76. The van der Waals surface area contributed by atoms with E-state index in [1.165, 1.54) is 6.20 Å². The fraction of sp³-hybridized carbons (Fsp3) is 0.133. The molecule has 0 spiro atoms. The minimum Gasteiger partial charge on any atom is -0.506 e. The van der Waals surface area contributed by atoms with Gasteiger partial charge in [-0.3, -0.25) is 4.98 Å². The first-order valence-corrected chi connectivity index (χ1v) is 5.87.